The summed E-state index contributed by atoms with van der Waals surface area (Å²) in [6.45, 7) is 2.63. The van der Waals surface area contributed by atoms with Gasteiger partial charge in [0.2, 0.25) is 23.6 Å². The Hall–Kier alpha value is -3.22. The number of amides is 4. The Balaban J connectivity index is 4.63. The molecule has 0 aliphatic carbocycles. The first-order valence-corrected chi connectivity index (χ1v) is 8.74. The second kappa shape index (κ2) is 12.3. The molecule has 0 rings (SSSR count). The lowest BCUT2D eigenvalue weighted by molar-refractivity contribution is -0.143. The molecule has 13 nitrogen and oxygen atoms in total. The Morgan fingerprint density at radius 1 is 0.793 bits per heavy atom. The van der Waals surface area contributed by atoms with E-state index in [2.05, 4.69) is 16.0 Å². The van der Waals surface area contributed by atoms with E-state index < -0.39 is 66.2 Å². The van der Waals surface area contributed by atoms with E-state index in [9.17, 15) is 28.8 Å². The molecule has 0 aromatic carbocycles. The standard InChI is InChI=1S/C16H27N5O8/c1-7(20-15(27)9(17)3-5-11(18)22)13(25)19-8(2)14(26)21-10(16(28)29)4-6-12(23)24/h7-10H,3-6,17H2,1-2H3,(H2,18,22)(H,19,25)(H,20,27)(H,21,26)(H,23,24)(H,28,29). The molecule has 4 atom stereocenters. The largest absolute Gasteiger partial charge is 0.481 e. The van der Waals surface area contributed by atoms with Crippen LogP contribution in [0.4, 0.5) is 0 Å². The molecule has 4 amide bonds. The molecule has 29 heavy (non-hydrogen) atoms. The van der Waals surface area contributed by atoms with Crippen molar-refractivity contribution in [2.75, 3.05) is 0 Å². The molecular formula is C16H27N5O8. The first kappa shape index (κ1) is 25.8. The van der Waals surface area contributed by atoms with Crippen LogP contribution in [0.15, 0.2) is 0 Å². The van der Waals surface area contributed by atoms with Gasteiger partial charge in [-0.2, -0.15) is 0 Å². The fraction of sp³-hybridized carbons (Fsp3) is 0.625. The van der Waals surface area contributed by atoms with E-state index in [1.54, 1.807) is 0 Å². The number of carboxylic acids is 2. The second-order valence-corrected chi connectivity index (χ2v) is 6.40. The summed E-state index contributed by atoms with van der Waals surface area (Å²) in [4.78, 5) is 68.4. The number of nitrogens with two attached hydrogens (primary N) is 2. The van der Waals surface area contributed by atoms with Gasteiger partial charge in [0, 0.05) is 12.8 Å². The van der Waals surface area contributed by atoms with Crippen LogP contribution < -0.4 is 27.4 Å². The lowest BCUT2D eigenvalue weighted by Gasteiger charge is -2.21. The predicted octanol–water partition coefficient (Wildman–Crippen LogP) is -2.98. The topological polar surface area (TPSA) is 231 Å². The van der Waals surface area contributed by atoms with E-state index in [1.807, 2.05) is 0 Å². The van der Waals surface area contributed by atoms with E-state index >= 15 is 0 Å². The zero-order valence-corrected chi connectivity index (χ0v) is 16.1. The molecule has 0 radical (unpaired) electrons. The number of primary amides is 1. The summed E-state index contributed by atoms with van der Waals surface area (Å²) in [5, 5.41) is 24.4. The quantitative estimate of drug-likeness (QED) is 0.162. The summed E-state index contributed by atoms with van der Waals surface area (Å²) in [5.41, 5.74) is 10.5. The first-order chi connectivity index (χ1) is 13.3. The lowest BCUT2D eigenvalue weighted by atomic mass is 10.1. The molecular weight excluding hydrogens is 390 g/mol. The van der Waals surface area contributed by atoms with Crippen LogP contribution >= 0.6 is 0 Å². The number of aliphatic carboxylic acids is 2. The van der Waals surface area contributed by atoms with Gasteiger partial charge < -0.3 is 37.6 Å². The van der Waals surface area contributed by atoms with Crippen LogP contribution in [0.3, 0.4) is 0 Å². The average molecular weight is 417 g/mol. The van der Waals surface area contributed by atoms with Gasteiger partial charge in [0.25, 0.3) is 0 Å². The molecule has 0 saturated heterocycles. The van der Waals surface area contributed by atoms with Crippen LogP contribution in [0.5, 0.6) is 0 Å². The Morgan fingerprint density at radius 3 is 1.72 bits per heavy atom. The smallest absolute Gasteiger partial charge is 0.326 e. The third-order valence-corrected chi connectivity index (χ3v) is 3.80. The third-order valence-electron chi connectivity index (χ3n) is 3.80. The van der Waals surface area contributed by atoms with Crippen LogP contribution in [0.1, 0.15) is 39.5 Å². The molecule has 9 N–H and O–H groups in total. The van der Waals surface area contributed by atoms with Gasteiger partial charge >= 0.3 is 11.9 Å². The average Bonchev–Trinajstić information content (AvgIpc) is 2.61. The molecule has 0 bridgehead atoms. The van der Waals surface area contributed by atoms with Crippen LogP contribution in [0.2, 0.25) is 0 Å². The minimum absolute atomic E-state index is 0.00122. The number of rotatable bonds is 13. The fourth-order valence-electron chi connectivity index (χ4n) is 2.04. The Bertz CT molecular complexity index is 653. The Labute approximate surface area is 166 Å². The first-order valence-electron chi connectivity index (χ1n) is 8.74. The molecule has 0 aliphatic heterocycles. The molecule has 0 fully saturated rings. The van der Waals surface area contributed by atoms with Gasteiger partial charge in [-0.25, -0.2) is 4.79 Å². The normalized spacial score (nSPS) is 14.6. The summed E-state index contributed by atoms with van der Waals surface area (Å²) in [5.74, 6) is -5.52. The van der Waals surface area contributed by atoms with Gasteiger partial charge in [0.15, 0.2) is 0 Å². The van der Waals surface area contributed by atoms with Crippen molar-refractivity contribution in [2.45, 2.75) is 63.7 Å². The summed E-state index contributed by atoms with van der Waals surface area (Å²) in [6, 6.07) is -4.71. The van der Waals surface area contributed by atoms with Crippen molar-refractivity contribution in [3.8, 4) is 0 Å². The highest BCUT2D eigenvalue weighted by Crippen LogP contribution is 2.00. The molecule has 4 unspecified atom stereocenters. The highest BCUT2D eigenvalue weighted by atomic mass is 16.4. The maximum Gasteiger partial charge on any atom is 0.326 e. The zero-order chi connectivity index (χ0) is 22.7. The van der Waals surface area contributed by atoms with E-state index in [0.29, 0.717) is 0 Å². The molecule has 0 aliphatic rings. The fourth-order valence-corrected chi connectivity index (χ4v) is 2.04. The van der Waals surface area contributed by atoms with Crippen molar-refractivity contribution >= 4 is 35.6 Å². The summed E-state index contributed by atoms with van der Waals surface area (Å²) in [6.07, 6.45) is -0.885. The Morgan fingerprint density at radius 2 is 1.28 bits per heavy atom. The predicted molar refractivity (Wildman–Crippen MR) is 98.0 cm³/mol. The molecule has 164 valence electrons. The van der Waals surface area contributed by atoms with Gasteiger partial charge in [-0.3, -0.25) is 24.0 Å². The van der Waals surface area contributed by atoms with Crippen molar-refractivity contribution in [1.82, 2.24) is 16.0 Å². The van der Waals surface area contributed by atoms with Crippen molar-refractivity contribution < 1.29 is 39.0 Å². The minimum Gasteiger partial charge on any atom is -0.481 e. The van der Waals surface area contributed by atoms with E-state index in [-0.39, 0.29) is 19.3 Å². The molecule has 13 heteroatoms. The van der Waals surface area contributed by atoms with E-state index in [0.717, 1.165) is 0 Å². The number of carbonyl (C=O) groups is 6. The maximum absolute atomic E-state index is 12.1. The molecule has 0 aromatic rings. The number of nitrogens with one attached hydrogen (secondary N) is 3. The third kappa shape index (κ3) is 10.6. The van der Waals surface area contributed by atoms with Crippen molar-refractivity contribution in [1.29, 1.82) is 0 Å². The monoisotopic (exact) mass is 417 g/mol. The van der Waals surface area contributed by atoms with Crippen LogP contribution in [-0.4, -0.2) is 69.9 Å². The molecule has 0 spiro atoms. The van der Waals surface area contributed by atoms with Crippen molar-refractivity contribution in [3.05, 3.63) is 0 Å². The molecule has 0 heterocycles. The van der Waals surface area contributed by atoms with Gasteiger partial charge in [-0.05, 0) is 26.7 Å². The van der Waals surface area contributed by atoms with Crippen LogP contribution in [-0.2, 0) is 28.8 Å². The highest BCUT2D eigenvalue weighted by Gasteiger charge is 2.26. The number of hydrogen-bond donors (Lipinski definition) is 7. The Kier molecular flexibility index (Phi) is 10.9. The molecule has 0 aromatic heterocycles. The van der Waals surface area contributed by atoms with E-state index in [1.165, 1.54) is 13.8 Å². The number of hydrogen-bond acceptors (Lipinski definition) is 7. The van der Waals surface area contributed by atoms with Crippen molar-refractivity contribution in [3.63, 3.8) is 0 Å². The maximum atomic E-state index is 12.1. The zero-order valence-electron chi connectivity index (χ0n) is 16.1. The summed E-state index contributed by atoms with van der Waals surface area (Å²) < 4.78 is 0. The minimum atomic E-state index is -1.43. The van der Waals surface area contributed by atoms with E-state index in [4.69, 9.17) is 21.7 Å². The van der Waals surface area contributed by atoms with Crippen molar-refractivity contribution in [2.24, 2.45) is 11.5 Å². The van der Waals surface area contributed by atoms with Gasteiger partial charge in [-0.1, -0.05) is 0 Å². The van der Waals surface area contributed by atoms with Gasteiger partial charge in [0.1, 0.15) is 18.1 Å². The SMILES string of the molecule is CC(NC(=O)C(N)CCC(N)=O)C(=O)NC(C)C(=O)NC(CCC(=O)O)C(=O)O. The van der Waals surface area contributed by atoms with Crippen LogP contribution in [0.25, 0.3) is 0 Å². The highest BCUT2D eigenvalue weighted by molar-refractivity contribution is 5.93. The number of carboxylic acid groups (broad SMARTS) is 2. The van der Waals surface area contributed by atoms with Gasteiger partial charge in [0.05, 0.1) is 6.04 Å². The lowest BCUT2D eigenvalue weighted by Crippen LogP contribution is -2.55. The molecule has 0 saturated carbocycles. The summed E-state index contributed by atoms with van der Waals surface area (Å²) in [7, 11) is 0. The second-order valence-electron chi connectivity index (χ2n) is 6.40. The van der Waals surface area contributed by atoms with Gasteiger partial charge in [-0.15, -0.1) is 0 Å². The van der Waals surface area contributed by atoms with Crippen LogP contribution in [0, 0.1) is 0 Å². The number of carbonyl (C=O) groups excluding carboxylic acids is 4. The summed E-state index contributed by atoms with van der Waals surface area (Å²) >= 11 is 0.